The van der Waals surface area contributed by atoms with E-state index in [4.69, 9.17) is 9.84 Å². The molecule has 0 radical (unpaired) electrons. The number of nitrogens with zero attached hydrogens (tertiary/aromatic N) is 4. The molecule has 8 rings (SSSR count). The molecule has 0 spiro atoms. The number of amides is 1. The average Bonchev–Trinajstić information content (AvgIpc) is 3.40. The summed E-state index contributed by atoms with van der Waals surface area (Å²) in [7, 11) is 1.71. The number of para-hydroxylation sites is 1. The molecule has 38 heavy (non-hydrogen) atoms. The van der Waals surface area contributed by atoms with Crippen molar-refractivity contribution < 1.29 is 9.53 Å². The van der Waals surface area contributed by atoms with Gasteiger partial charge in [0.1, 0.15) is 5.75 Å². The van der Waals surface area contributed by atoms with Crippen molar-refractivity contribution in [2.24, 2.45) is 17.8 Å². The second kappa shape index (κ2) is 9.57. The summed E-state index contributed by atoms with van der Waals surface area (Å²) in [6, 6.07) is 18.6. The van der Waals surface area contributed by atoms with Crippen LogP contribution < -0.4 is 4.74 Å². The van der Waals surface area contributed by atoms with E-state index in [0.29, 0.717) is 0 Å². The second-order valence-electron chi connectivity index (χ2n) is 12.3. The van der Waals surface area contributed by atoms with E-state index < -0.39 is 0 Å². The predicted molar refractivity (Wildman–Crippen MR) is 148 cm³/mol. The Kier molecular flexibility index (Phi) is 6.03. The van der Waals surface area contributed by atoms with Crippen LogP contribution in [0.5, 0.6) is 5.75 Å². The molecule has 2 aromatic carbocycles. The lowest BCUT2D eigenvalue weighted by molar-refractivity contribution is -0.00793. The highest BCUT2D eigenvalue weighted by atomic mass is 16.5. The Morgan fingerprint density at radius 2 is 1.61 bits per heavy atom. The lowest BCUT2D eigenvalue weighted by atomic mass is 9.48. The van der Waals surface area contributed by atoms with Crippen LogP contribution in [0.4, 0.5) is 0 Å². The van der Waals surface area contributed by atoms with E-state index in [1.807, 2.05) is 41.2 Å². The summed E-state index contributed by atoms with van der Waals surface area (Å²) in [4.78, 5) is 18.6. The van der Waals surface area contributed by atoms with Crippen molar-refractivity contribution >= 4 is 5.91 Å². The third-order valence-electron chi connectivity index (χ3n) is 9.71. The van der Waals surface area contributed by atoms with Gasteiger partial charge in [-0.1, -0.05) is 30.3 Å². The van der Waals surface area contributed by atoms with Gasteiger partial charge in [0, 0.05) is 44.3 Å². The Labute approximate surface area is 225 Å². The molecule has 0 atom stereocenters. The van der Waals surface area contributed by atoms with Gasteiger partial charge in [-0.2, -0.15) is 5.10 Å². The smallest absolute Gasteiger partial charge is 0.257 e. The fraction of sp³-hybridized carbons (Fsp3) is 0.500. The van der Waals surface area contributed by atoms with Crippen LogP contribution in [0.25, 0.3) is 5.69 Å². The highest BCUT2D eigenvalue weighted by Gasteiger charge is 2.54. The topological polar surface area (TPSA) is 50.6 Å². The van der Waals surface area contributed by atoms with Gasteiger partial charge >= 0.3 is 0 Å². The number of carbonyl (C=O) groups excluding carboxylic acids is 1. The first kappa shape index (κ1) is 24.0. The Hall–Kier alpha value is -3.12. The van der Waals surface area contributed by atoms with E-state index in [0.717, 1.165) is 73.2 Å². The summed E-state index contributed by atoms with van der Waals surface area (Å²) in [6.45, 7) is 4.13. The van der Waals surface area contributed by atoms with E-state index >= 15 is 0 Å². The monoisotopic (exact) mass is 510 g/mol. The van der Waals surface area contributed by atoms with E-state index in [-0.39, 0.29) is 11.3 Å². The minimum atomic E-state index is 0.0773. The molecule has 4 aliphatic carbocycles. The number of hydrogen-bond acceptors (Lipinski definition) is 4. The Balaban J connectivity index is 1.14. The molecule has 1 aromatic heterocycles. The molecule has 3 aromatic rings. The third kappa shape index (κ3) is 4.33. The summed E-state index contributed by atoms with van der Waals surface area (Å²) in [5, 5.41) is 5.22. The van der Waals surface area contributed by atoms with Crippen LogP contribution in [0, 0.1) is 17.8 Å². The molecule has 6 nitrogen and oxygen atoms in total. The zero-order valence-electron chi connectivity index (χ0n) is 22.4. The van der Waals surface area contributed by atoms with Crippen LogP contribution in [0.2, 0.25) is 0 Å². The summed E-state index contributed by atoms with van der Waals surface area (Å²) in [5.41, 5.74) is 4.29. The zero-order valence-corrected chi connectivity index (χ0v) is 22.4. The summed E-state index contributed by atoms with van der Waals surface area (Å²) in [5.74, 6) is 3.49. The van der Waals surface area contributed by atoms with Gasteiger partial charge in [-0.15, -0.1) is 0 Å². The van der Waals surface area contributed by atoms with Gasteiger partial charge in [-0.05, 0) is 86.1 Å². The maximum Gasteiger partial charge on any atom is 0.257 e. The number of benzene rings is 2. The number of hydrogen-bond donors (Lipinski definition) is 0. The van der Waals surface area contributed by atoms with Gasteiger partial charge < -0.3 is 9.64 Å². The van der Waals surface area contributed by atoms with Gasteiger partial charge in [-0.25, -0.2) is 4.68 Å². The summed E-state index contributed by atoms with van der Waals surface area (Å²) >= 11 is 0. The van der Waals surface area contributed by atoms with Crippen LogP contribution in [0.15, 0.2) is 60.8 Å². The number of rotatable bonds is 6. The van der Waals surface area contributed by atoms with Crippen LogP contribution >= 0.6 is 0 Å². The van der Waals surface area contributed by atoms with Crippen molar-refractivity contribution in [1.82, 2.24) is 19.6 Å². The first-order valence-electron chi connectivity index (χ1n) is 14.4. The third-order valence-corrected chi connectivity index (χ3v) is 9.71. The summed E-state index contributed by atoms with van der Waals surface area (Å²) < 4.78 is 7.37. The highest BCUT2D eigenvalue weighted by molar-refractivity contribution is 5.95. The lowest BCUT2D eigenvalue weighted by Gasteiger charge is -2.56. The predicted octanol–water partition coefficient (Wildman–Crippen LogP) is 5.31. The minimum absolute atomic E-state index is 0.0773. The Morgan fingerprint density at radius 3 is 2.26 bits per heavy atom. The first-order chi connectivity index (χ1) is 18.6. The summed E-state index contributed by atoms with van der Waals surface area (Å²) in [6.07, 6.45) is 9.82. The number of ether oxygens (including phenoxy) is 1. The van der Waals surface area contributed by atoms with Gasteiger partial charge in [0.15, 0.2) is 0 Å². The van der Waals surface area contributed by atoms with Crippen molar-refractivity contribution in [2.45, 2.75) is 50.5 Å². The van der Waals surface area contributed by atoms with Crippen molar-refractivity contribution in [3.05, 3.63) is 77.6 Å². The Morgan fingerprint density at radius 1 is 0.921 bits per heavy atom. The standard InChI is InChI=1S/C32H38N4O2/c1-38-28-9-5-6-23(17-28)21-34-10-12-35(13-11-34)31(37)29-22-36(27-7-3-2-4-8-27)33-30(29)32-18-24-14-25(19-32)16-26(15-24)20-32/h2-9,17,22,24-26H,10-16,18-21H2,1H3. The highest BCUT2D eigenvalue weighted by Crippen LogP contribution is 2.61. The van der Waals surface area contributed by atoms with Gasteiger partial charge in [-0.3, -0.25) is 9.69 Å². The molecular formula is C32H38N4O2. The van der Waals surface area contributed by atoms with Crippen molar-refractivity contribution in [2.75, 3.05) is 33.3 Å². The molecule has 198 valence electrons. The Bertz CT molecular complexity index is 1270. The van der Waals surface area contributed by atoms with E-state index in [1.165, 1.54) is 44.1 Å². The van der Waals surface area contributed by atoms with Crippen LogP contribution in [0.3, 0.4) is 0 Å². The molecule has 0 N–H and O–H groups in total. The SMILES string of the molecule is COc1cccc(CN2CCN(C(=O)c3cn(-c4ccccc4)nc3C34CC5CC(CC(C5)C3)C4)CC2)c1. The molecule has 5 aliphatic rings. The second-order valence-corrected chi connectivity index (χ2v) is 12.3. The fourth-order valence-corrected chi connectivity index (χ4v) is 8.34. The molecule has 6 heteroatoms. The molecule has 4 saturated carbocycles. The van der Waals surface area contributed by atoms with Crippen molar-refractivity contribution in [3.63, 3.8) is 0 Å². The molecule has 5 fully saturated rings. The normalized spacial score (nSPS) is 28.6. The van der Waals surface area contributed by atoms with Crippen molar-refractivity contribution in [1.29, 1.82) is 0 Å². The maximum atomic E-state index is 14.1. The zero-order chi connectivity index (χ0) is 25.7. The van der Waals surface area contributed by atoms with Crippen LogP contribution in [-0.4, -0.2) is 58.8 Å². The minimum Gasteiger partial charge on any atom is -0.497 e. The lowest BCUT2D eigenvalue weighted by Crippen LogP contribution is -2.51. The largest absolute Gasteiger partial charge is 0.497 e. The van der Waals surface area contributed by atoms with Crippen LogP contribution in [-0.2, 0) is 12.0 Å². The number of carbonyl (C=O) groups is 1. The molecule has 1 aliphatic heterocycles. The van der Waals surface area contributed by atoms with Crippen LogP contribution in [0.1, 0.15) is 60.1 Å². The quantitative estimate of drug-likeness (QED) is 0.451. The van der Waals surface area contributed by atoms with E-state index in [2.05, 4.69) is 34.1 Å². The maximum absolute atomic E-state index is 14.1. The first-order valence-corrected chi connectivity index (χ1v) is 14.4. The van der Waals surface area contributed by atoms with Gasteiger partial charge in [0.2, 0.25) is 0 Å². The van der Waals surface area contributed by atoms with Gasteiger partial charge in [0.05, 0.1) is 24.1 Å². The molecule has 1 saturated heterocycles. The number of methoxy groups -OCH3 is 1. The number of piperazine rings is 1. The van der Waals surface area contributed by atoms with E-state index in [1.54, 1.807) is 7.11 Å². The van der Waals surface area contributed by atoms with Crippen molar-refractivity contribution in [3.8, 4) is 11.4 Å². The number of aromatic nitrogens is 2. The van der Waals surface area contributed by atoms with Gasteiger partial charge in [0.25, 0.3) is 5.91 Å². The fourth-order valence-electron chi connectivity index (χ4n) is 8.34. The van der Waals surface area contributed by atoms with E-state index in [9.17, 15) is 4.79 Å². The molecule has 1 amide bonds. The molecule has 2 heterocycles. The average molecular weight is 511 g/mol. The molecule has 0 unspecified atom stereocenters. The molecule has 4 bridgehead atoms. The molecular weight excluding hydrogens is 472 g/mol.